The number of thioether (sulfide) groups is 1. The molecule has 0 bridgehead atoms. The summed E-state index contributed by atoms with van der Waals surface area (Å²) in [4.78, 5) is 22.8. The van der Waals surface area contributed by atoms with Gasteiger partial charge in [-0.05, 0) is 36.7 Å². The van der Waals surface area contributed by atoms with Gasteiger partial charge in [0.2, 0.25) is 0 Å². The average molecular weight is 302 g/mol. The number of nitrogens with one attached hydrogen (secondary N) is 2. The van der Waals surface area contributed by atoms with Crippen LogP contribution in [0.1, 0.15) is 39.0 Å². The van der Waals surface area contributed by atoms with Crippen LogP contribution in [0.2, 0.25) is 0 Å². The molecule has 6 heteroatoms. The second-order valence-electron chi connectivity index (χ2n) is 5.55. The molecule has 0 aromatic heterocycles. The quantitative estimate of drug-likeness (QED) is 0.674. The van der Waals surface area contributed by atoms with Crippen LogP contribution in [0.5, 0.6) is 0 Å². The van der Waals surface area contributed by atoms with Crippen molar-refractivity contribution in [1.82, 2.24) is 10.6 Å². The number of carboxylic acids is 1. The molecule has 0 saturated heterocycles. The standard InChI is InChI=1S/C14H26N2O3S/c1-10-5-3-4-6-11(10)9-15-14(19)16-12(13(17)18)7-8-20-2/h10-12H,3-9H2,1-2H3,(H,17,18)(H2,15,16,19)/t10?,11?,12-/m1/s1. The first-order valence-corrected chi connectivity index (χ1v) is 8.70. The highest BCUT2D eigenvalue weighted by Gasteiger charge is 2.23. The highest BCUT2D eigenvalue weighted by atomic mass is 32.2. The van der Waals surface area contributed by atoms with Crippen molar-refractivity contribution in [3.8, 4) is 0 Å². The van der Waals surface area contributed by atoms with Crippen LogP contribution in [0.4, 0.5) is 4.79 Å². The molecule has 20 heavy (non-hydrogen) atoms. The van der Waals surface area contributed by atoms with Crippen LogP contribution in [0.3, 0.4) is 0 Å². The molecule has 3 N–H and O–H groups in total. The number of carbonyl (C=O) groups is 2. The van der Waals surface area contributed by atoms with Crippen molar-refractivity contribution < 1.29 is 14.7 Å². The number of hydrogen-bond acceptors (Lipinski definition) is 3. The molecule has 0 aromatic rings. The number of urea groups is 1. The first kappa shape index (κ1) is 17.1. The van der Waals surface area contributed by atoms with Gasteiger partial charge in [-0.2, -0.15) is 11.8 Å². The Morgan fingerprint density at radius 2 is 2.05 bits per heavy atom. The van der Waals surface area contributed by atoms with E-state index in [9.17, 15) is 9.59 Å². The van der Waals surface area contributed by atoms with Gasteiger partial charge in [-0.3, -0.25) is 0 Å². The summed E-state index contributed by atoms with van der Waals surface area (Å²) in [6, 6.07) is -1.16. The summed E-state index contributed by atoms with van der Waals surface area (Å²) in [6.45, 7) is 2.86. The molecule has 1 saturated carbocycles. The third-order valence-electron chi connectivity index (χ3n) is 4.03. The van der Waals surface area contributed by atoms with Crippen LogP contribution in [0.25, 0.3) is 0 Å². The van der Waals surface area contributed by atoms with E-state index < -0.39 is 12.0 Å². The summed E-state index contributed by atoms with van der Waals surface area (Å²) in [7, 11) is 0. The first-order valence-electron chi connectivity index (χ1n) is 7.30. The van der Waals surface area contributed by atoms with Crippen LogP contribution in [0, 0.1) is 11.8 Å². The maximum atomic E-state index is 11.8. The highest BCUT2D eigenvalue weighted by molar-refractivity contribution is 7.98. The zero-order valence-electron chi connectivity index (χ0n) is 12.4. The molecule has 116 valence electrons. The average Bonchev–Trinajstić information content (AvgIpc) is 2.42. The zero-order valence-corrected chi connectivity index (χ0v) is 13.2. The lowest BCUT2D eigenvalue weighted by atomic mass is 9.80. The normalized spacial score (nSPS) is 23.9. The molecule has 1 fully saturated rings. The second kappa shape index (κ2) is 9.10. The van der Waals surface area contributed by atoms with Gasteiger partial charge in [-0.15, -0.1) is 0 Å². The fraction of sp³-hybridized carbons (Fsp3) is 0.857. The SMILES string of the molecule is CSCC[C@@H](NC(=O)NCC1CCCCC1C)C(=O)O. The molecule has 0 aromatic carbocycles. The Bertz CT molecular complexity index is 326. The Balaban J connectivity index is 2.31. The van der Waals surface area contributed by atoms with Crippen molar-refractivity contribution in [3.63, 3.8) is 0 Å². The Hall–Kier alpha value is -0.910. The van der Waals surface area contributed by atoms with E-state index in [1.54, 1.807) is 11.8 Å². The van der Waals surface area contributed by atoms with Gasteiger partial charge < -0.3 is 15.7 Å². The van der Waals surface area contributed by atoms with Crippen molar-refractivity contribution in [1.29, 1.82) is 0 Å². The molecule has 5 nitrogen and oxygen atoms in total. The molecule has 1 aliphatic rings. The molecule has 1 aliphatic carbocycles. The number of carbonyl (C=O) groups excluding carboxylic acids is 1. The molecule has 3 atom stereocenters. The lowest BCUT2D eigenvalue weighted by molar-refractivity contribution is -0.139. The van der Waals surface area contributed by atoms with E-state index in [1.165, 1.54) is 19.3 Å². The van der Waals surface area contributed by atoms with Crippen molar-refractivity contribution >= 4 is 23.8 Å². The summed E-state index contributed by atoms with van der Waals surface area (Å²) in [5.41, 5.74) is 0. The first-order chi connectivity index (χ1) is 9.54. The van der Waals surface area contributed by atoms with E-state index in [0.29, 0.717) is 24.8 Å². The summed E-state index contributed by atoms with van der Waals surface area (Å²) in [5.74, 6) is 0.900. The van der Waals surface area contributed by atoms with Gasteiger partial charge >= 0.3 is 12.0 Å². The number of hydrogen-bond donors (Lipinski definition) is 3. The summed E-state index contributed by atoms with van der Waals surface area (Å²) < 4.78 is 0. The summed E-state index contributed by atoms with van der Waals surface area (Å²) in [6.07, 6.45) is 7.24. The lowest BCUT2D eigenvalue weighted by Gasteiger charge is -2.29. The van der Waals surface area contributed by atoms with Gasteiger partial charge in [0.1, 0.15) is 6.04 Å². The van der Waals surface area contributed by atoms with Gasteiger partial charge in [0.05, 0.1) is 0 Å². The van der Waals surface area contributed by atoms with E-state index in [2.05, 4.69) is 17.6 Å². The molecule has 1 rings (SSSR count). The second-order valence-corrected chi connectivity index (χ2v) is 6.53. The van der Waals surface area contributed by atoms with Gasteiger partial charge in [0.15, 0.2) is 0 Å². The maximum Gasteiger partial charge on any atom is 0.326 e. The molecule has 2 unspecified atom stereocenters. The Morgan fingerprint density at radius 3 is 2.65 bits per heavy atom. The molecule has 2 amide bonds. The Morgan fingerprint density at radius 1 is 1.35 bits per heavy atom. The van der Waals surface area contributed by atoms with Gasteiger partial charge in [-0.1, -0.05) is 26.2 Å². The summed E-state index contributed by atoms with van der Waals surface area (Å²) >= 11 is 1.58. The lowest BCUT2D eigenvalue weighted by Crippen LogP contribution is -2.47. The van der Waals surface area contributed by atoms with Crippen LogP contribution in [-0.2, 0) is 4.79 Å². The van der Waals surface area contributed by atoms with Crippen molar-refractivity contribution in [2.24, 2.45) is 11.8 Å². The predicted octanol–water partition coefficient (Wildman–Crippen LogP) is 2.32. The minimum Gasteiger partial charge on any atom is -0.480 e. The predicted molar refractivity (Wildman–Crippen MR) is 82.1 cm³/mol. The topological polar surface area (TPSA) is 78.4 Å². The largest absolute Gasteiger partial charge is 0.480 e. The maximum absolute atomic E-state index is 11.8. The monoisotopic (exact) mass is 302 g/mol. The van der Waals surface area contributed by atoms with E-state index in [0.717, 1.165) is 12.2 Å². The Labute approximate surface area is 125 Å². The third-order valence-corrected chi connectivity index (χ3v) is 4.67. The van der Waals surface area contributed by atoms with Gasteiger partial charge in [-0.25, -0.2) is 9.59 Å². The van der Waals surface area contributed by atoms with E-state index in [-0.39, 0.29) is 6.03 Å². The summed E-state index contributed by atoms with van der Waals surface area (Å²) in [5, 5.41) is 14.4. The van der Waals surface area contributed by atoms with Crippen molar-refractivity contribution in [2.75, 3.05) is 18.6 Å². The molecule has 0 aliphatic heterocycles. The van der Waals surface area contributed by atoms with Crippen LogP contribution < -0.4 is 10.6 Å². The third kappa shape index (κ3) is 6.03. The smallest absolute Gasteiger partial charge is 0.326 e. The fourth-order valence-electron chi connectivity index (χ4n) is 2.62. The number of aliphatic carboxylic acids is 1. The molecular weight excluding hydrogens is 276 g/mol. The number of rotatable bonds is 7. The van der Waals surface area contributed by atoms with E-state index in [1.807, 2.05) is 6.26 Å². The fourth-order valence-corrected chi connectivity index (χ4v) is 3.09. The minimum absolute atomic E-state index is 0.365. The molecule has 0 spiro atoms. The van der Waals surface area contributed by atoms with Crippen LogP contribution >= 0.6 is 11.8 Å². The number of amides is 2. The highest BCUT2D eigenvalue weighted by Crippen LogP contribution is 2.28. The van der Waals surface area contributed by atoms with Gasteiger partial charge in [0.25, 0.3) is 0 Å². The van der Waals surface area contributed by atoms with E-state index >= 15 is 0 Å². The minimum atomic E-state index is -0.972. The molecular formula is C14H26N2O3S. The van der Waals surface area contributed by atoms with Gasteiger partial charge in [0, 0.05) is 6.54 Å². The Kier molecular flexibility index (Phi) is 7.80. The van der Waals surface area contributed by atoms with E-state index in [4.69, 9.17) is 5.11 Å². The molecule has 0 radical (unpaired) electrons. The van der Waals surface area contributed by atoms with Crippen LogP contribution in [0.15, 0.2) is 0 Å². The van der Waals surface area contributed by atoms with Crippen LogP contribution in [-0.4, -0.2) is 41.7 Å². The van der Waals surface area contributed by atoms with Crippen molar-refractivity contribution in [2.45, 2.75) is 45.1 Å². The van der Waals surface area contributed by atoms with Crippen molar-refractivity contribution in [3.05, 3.63) is 0 Å². The molecule has 0 heterocycles. The zero-order chi connectivity index (χ0) is 15.0. The number of carboxylic acid groups (broad SMARTS) is 1.